The summed E-state index contributed by atoms with van der Waals surface area (Å²) in [5, 5.41) is 0. The van der Waals surface area contributed by atoms with Gasteiger partial charge in [0.1, 0.15) is 0 Å². The standard InChI is InChI=1S/C14H17NO/c1-4-10-15(11-5-2)14-9-7-6-8-13(14)12(3)16/h1,6-9H,5,10-11H2,2-3H3. The number of hydrogen-bond acceptors (Lipinski definition) is 2. The van der Waals surface area contributed by atoms with Crippen LogP contribution < -0.4 is 4.90 Å². The average Bonchev–Trinajstić information content (AvgIpc) is 2.29. The Kier molecular flexibility index (Phi) is 4.60. The van der Waals surface area contributed by atoms with Crippen molar-refractivity contribution in [3.63, 3.8) is 0 Å². The summed E-state index contributed by atoms with van der Waals surface area (Å²) in [4.78, 5) is 13.6. The summed E-state index contributed by atoms with van der Waals surface area (Å²) in [6.07, 6.45) is 6.35. The first-order valence-electron chi connectivity index (χ1n) is 5.49. The van der Waals surface area contributed by atoms with Crippen molar-refractivity contribution in [3.05, 3.63) is 29.8 Å². The van der Waals surface area contributed by atoms with Crippen LogP contribution in [0.25, 0.3) is 0 Å². The van der Waals surface area contributed by atoms with Gasteiger partial charge in [0.15, 0.2) is 5.78 Å². The van der Waals surface area contributed by atoms with Gasteiger partial charge in [-0.1, -0.05) is 25.0 Å². The Labute approximate surface area is 97.3 Å². The molecule has 84 valence electrons. The van der Waals surface area contributed by atoms with Crippen LogP contribution in [0.15, 0.2) is 24.3 Å². The monoisotopic (exact) mass is 215 g/mol. The predicted octanol–water partition coefficient (Wildman–Crippen LogP) is 2.74. The Morgan fingerprint density at radius 2 is 2.12 bits per heavy atom. The third-order valence-corrected chi connectivity index (χ3v) is 2.40. The fourth-order valence-corrected chi connectivity index (χ4v) is 1.71. The fourth-order valence-electron chi connectivity index (χ4n) is 1.71. The van der Waals surface area contributed by atoms with Crippen LogP contribution in [0.4, 0.5) is 5.69 Å². The van der Waals surface area contributed by atoms with Gasteiger partial charge in [-0.05, 0) is 25.5 Å². The molecule has 1 aromatic carbocycles. The minimum absolute atomic E-state index is 0.0775. The molecule has 0 fully saturated rings. The van der Waals surface area contributed by atoms with Crippen LogP contribution in [-0.4, -0.2) is 18.9 Å². The fraction of sp³-hybridized carbons (Fsp3) is 0.357. The Morgan fingerprint density at radius 3 is 2.69 bits per heavy atom. The molecule has 0 radical (unpaired) electrons. The maximum atomic E-state index is 11.5. The molecule has 0 aliphatic carbocycles. The molecular weight excluding hydrogens is 198 g/mol. The van der Waals surface area contributed by atoms with Gasteiger partial charge in [-0.2, -0.15) is 0 Å². The SMILES string of the molecule is C#CCN(CCC)c1ccccc1C(C)=O. The van der Waals surface area contributed by atoms with E-state index in [1.165, 1.54) is 0 Å². The van der Waals surface area contributed by atoms with E-state index in [-0.39, 0.29) is 5.78 Å². The summed E-state index contributed by atoms with van der Waals surface area (Å²) >= 11 is 0. The second kappa shape index (κ2) is 5.97. The van der Waals surface area contributed by atoms with Gasteiger partial charge >= 0.3 is 0 Å². The van der Waals surface area contributed by atoms with E-state index in [4.69, 9.17) is 6.42 Å². The zero-order valence-electron chi connectivity index (χ0n) is 9.86. The highest BCUT2D eigenvalue weighted by atomic mass is 16.1. The number of carbonyl (C=O) groups is 1. The number of Topliss-reactive ketones (excluding diaryl/α,β-unsaturated/α-hetero) is 1. The molecule has 2 heteroatoms. The van der Waals surface area contributed by atoms with E-state index < -0.39 is 0 Å². The Morgan fingerprint density at radius 1 is 1.44 bits per heavy atom. The van der Waals surface area contributed by atoms with Crippen LogP contribution in [0.5, 0.6) is 0 Å². The number of rotatable bonds is 5. The van der Waals surface area contributed by atoms with Crippen LogP contribution in [0, 0.1) is 12.3 Å². The van der Waals surface area contributed by atoms with Crippen molar-refractivity contribution >= 4 is 11.5 Å². The lowest BCUT2D eigenvalue weighted by atomic mass is 10.1. The van der Waals surface area contributed by atoms with E-state index in [0.717, 1.165) is 24.2 Å². The lowest BCUT2D eigenvalue weighted by Crippen LogP contribution is -2.26. The second-order valence-electron chi connectivity index (χ2n) is 3.70. The number of nitrogens with zero attached hydrogens (tertiary/aromatic N) is 1. The van der Waals surface area contributed by atoms with Crippen molar-refractivity contribution in [1.82, 2.24) is 0 Å². The molecule has 0 aliphatic heterocycles. The molecule has 0 unspecified atom stereocenters. The number of anilines is 1. The molecule has 0 saturated carbocycles. The zero-order chi connectivity index (χ0) is 12.0. The van der Waals surface area contributed by atoms with Crippen LogP contribution in [0.3, 0.4) is 0 Å². The molecular formula is C14H17NO. The van der Waals surface area contributed by atoms with Gasteiger partial charge < -0.3 is 4.90 Å². The number of para-hydroxylation sites is 1. The number of ketones is 1. The first-order valence-corrected chi connectivity index (χ1v) is 5.49. The second-order valence-corrected chi connectivity index (χ2v) is 3.70. The summed E-state index contributed by atoms with van der Waals surface area (Å²) in [6, 6.07) is 7.60. The minimum Gasteiger partial charge on any atom is -0.360 e. The van der Waals surface area contributed by atoms with E-state index in [0.29, 0.717) is 6.54 Å². The highest BCUT2D eigenvalue weighted by molar-refractivity contribution is 5.99. The maximum Gasteiger partial charge on any atom is 0.161 e. The van der Waals surface area contributed by atoms with Crippen LogP contribution in [0.1, 0.15) is 30.6 Å². The molecule has 0 bridgehead atoms. The van der Waals surface area contributed by atoms with E-state index in [1.54, 1.807) is 6.92 Å². The van der Waals surface area contributed by atoms with Crippen molar-refractivity contribution < 1.29 is 4.79 Å². The van der Waals surface area contributed by atoms with Gasteiger partial charge in [-0.25, -0.2) is 0 Å². The number of carbonyl (C=O) groups excluding carboxylic acids is 1. The Balaban J connectivity index is 3.08. The maximum absolute atomic E-state index is 11.5. The molecule has 0 atom stereocenters. The van der Waals surface area contributed by atoms with Crippen LogP contribution in [0.2, 0.25) is 0 Å². The number of terminal acetylenes is 1. The molecule has 0 N–H and O–H groups in total. The van der Waals surface area contributed by atoms with Crippen molar-refractivity contribution in [3.8, 4) is 12.3 Å². The van der Waals surface area contributed by atoms with Crippen LogP contribution in [-0.2, 0) is 0 Å². The summed E-state index contributed by atoms with van der Waals surface area (Å²) < 4.78 is 0. The zero-order valence-corrected chi connectivity index (χ0v) is 9.86. The summed E-state index contributed by atoms with van der Waals surface area (Å²) in [5.41, 5.74) is 1.68. The summed E-state index contributed by atoms with van der Waals surface area (Å²) in [7, 11) is 0. The van der Waals surface area contributed by atoms with Gasteiger partial charge in [-0.15, -0.1) is 6.42 Å². The Bertz CT molecular complexity index is 403. The molecule has 1 aromatic rings. The third-order valence-electron chi connectivity index (χ3n) is 2.40. The molecule has 2 nitrogen and oxygen atoms in total. The van der Waals surface area contributed by atoms with Crippen molar-refractivity contribution in [2.75, 3.05) is 18.0 Å². The molecule has 0 aromatic heterocycles. The smallest absolute Gasteiger partial charge is 0.161 e. The lowest BCUT2D eigenvalue weighted by molar-refractivity contribution is 0.101. The average molecular weight is 215 g/mol. The third kappa shape index (κ3) is 2.87. The van der Waals surface area contributed by atoms with Crippen molar-refractivity contribution in [1.29, 1.82) is 0 Å². The molecule has 16 heavy (non-hydrogen) atoms. The van der Waals surface area contributed by atoms with Gasteiger partial charge in [0.05, 0.1) is 6.54 Å². The highest BCUT2D eigenvalue weighted by Crippen LogP contribution is 2.20. The predicted molar refractivity (Wildman–Crippen MR) is 67.8 cm³/mol. The van der Waals surface area contributed by atoms with Gasteiger partial charge in [-0.3, -0.25) is 4.79 Å². The van der Waals surface area contributed by atoms with E-state index in [2.05, 4.69) is 17.7 Å². The van der Waals surface area contributed by atoms with Crippen molar-refractivity contribution in [2.24, 2.45) is 0 Å². The van der Waals surface area contributed by atoms with E-state index >= 15 is 0 Å². The minimum atomic E-state index is 0.0775. The first-order chi connectivity index (χ1) is 7.70. The summed E-state index contributed by atoms with van der Waals surface area (Å²) in [6.45, 7) is 5.09. The number of hydrogen-bond donors (Lipinski definition) is 0. The number of benzene rings is 1. The topological polar surface area (TPSA) is 20.3 Å². The largest absolute Gasteiger partial charge is 0.360 e. The molecule has 1 rings (SSSR count). The van der Waals surface area contributed by atoms with Crippen molar-refractivity contribution in [2.45, 2.75) is 20.3 Å². The van der Waals surface area contributed by atoms with Gasteiger partial charge in [0.2, 0.25) is 0 Å². The quantitative estimate of drug-likeness (QED) is 0.556. The van der Waals surface area contributed by atoms with E-state index in [1.807, 2.05) is 24.3 Å². The first kappa shape index (κ1) is 12.3. The molecule has 0 heterocycles. The summed E-state index contributed by atoms with van der Waals surface area (Å²) in [5.74, 6) is 2.71. The lowest BCUT2D eigenvalue weighted by Gasteiger charge is -2.23. The van der Waals surface area contributed by atoms with Gasteiger partial charge in [0, 0.05) is 17.8 Å². The molecule has 0 saturated heterocycles. The van der Waals surface area contributed by atoms with Crippen LogP contribution >= 0.6 is 0 Å². The van der Waals surface area contributed by atoms with E-state index in [9.17, 15) is 4.79 Å². The highest BCUT2D eigenvalue weighted by Gasteiger charge is 2.11. The normalized spacial score (nSPS) is 9.56. The Hall–Kier alpha value is -1.75. The molecule has 0 spiro atoms. The molecule has 0 aliphatic rings. The molecule has 0 amide bonds. The van der Waals surface area contributed by atoms with Gasteiger partial charge in [0.25, 0.3) is 0 Å².